The largest absolute Gasteiger partial charge is 0.357 e. The molecular formula is C22H28FN3O4S. The molecule has 168 valence electrons. The summed E-state index contributed by atoms with van der Waals surface area (Å²) in [6, 6.07) is 13.9. The molecule has 1 N–H and O–H groups in total. The zero-order chi connectivity index (χ0) is 23.0. The van der Waals surface area contributed by atoms with Crippen LogP contribution in [0.5, 0.6) is 0 Å². The molecule has 1 atom stereocenters. The highest BCUT2D eigenvalue weighted by Crippen LogP contribution is 2.19. The van der Waals surface area contributed by atoms with Crippen LogP contribution in [-0.2, 0) is 26.2 Å². The molecule has 0 bridgehead atoms. The first-order valence-electron chi connectivity index (χ1n) is 9.92. The van der Waals surface area contributed by atoms with Crippen LogP contribution in [0.1, 0.15) is 25.3 Å². The minimum atomic E-state index is -3.53. The Labute approximate surface area is 182 Å². The lowest BCUT2D eigenvalue weighted by Gasteiger charge is -2.29. The summed E-state index contributed by atoms with van der Waals surface area (Å²) in [6.07, 6.45) is 1.36. The molecule has 0 saturated carbocycles. The number of rotatable bonds is 10. The Kier molecular flexibility index (Phi) is 8.56. The number of halogens is 1. The predicted octanol–water partition coefficient (Wildman–Crippen LogP) is 2.54. The number of amides is 2. The van der Waals surface area contributed by atoms with Crippen LogP contribution >= 0.6 is 0 Å². The predicted molar refractivity (Wildman–Crippen MR) is 118 cm³/mol. The van der Waals surface area contributed by atoms with Gasteiger partial charge in [-0.05, 0) is 31.5 Å². The maximum absolute atomic E-state index is 14.1. The Morgan fingerprint density at radius 1 is 1.06 bits per heavy atom. The first-order valence-corrected chi connectivity index (χ1v) is 11.8. The van der Waals surface area contributed by atoms with Gasteiger partial charge in [0, 0.05) is 32.1 Å². The van der Waals surface area contributed by atoms with E-state index in [-0.39, 0.29) is 37.7 Å². The number of sulfonamides is 1. The molecule has 31 heavy (non-hydrogen) atoms. The van der Waals surface area contributed by atoms with Crippen LogP contribution in [0.3, 0.4) is 0 Å². The smallest absolute Gasteiger partial charge is 0.242 e. The molecule has 0 aliphatic carbocycles. The molecule has 0 heterocycles. The number of hydrogen-bond donors (Lipinski definition) is 1. The summed E-state index contributed by atoms with van der Waals surface area (Å²) in [5, 5.41) is 2.50. The molecule has 2 aromatic carbocycles. The summed E-state index contributed by atoms with van der Waals surface area (Å²) >= 11 is 0. The van der Waals surface area contributed by atoms with Crippen LogP contribution in [0.2, 0.25) is 0 Å². The van der Waals surface area contributed by atoms with E-state index in [0.29, 0.717) is 11.3 Å². The second-order valence-corrected chi connectivity index (χ2v) is 9.08. The highest BCUT2D eigenvalue weighted by atomic mass is 32.2. The van der Waals surface area contributed by atoms with Crippen molar-refractivity contribution in [2.24, 2.45) is 0 Å². The lowest BCUT2D eigenvalue weighted by Crippen LogP contribution is -2.47. The molecule has 0 aliphatic rings. The summed E-state index contributed by atoms with van der Waals surface area (Å²) in [4.78, 5) is 26.4. The number of nitrogens with one attached hydrogen (secondary N) is 1. The van der Waals surface area contributed by atoms with Gasteiger partial charge >= 0.3 is 0 Å². The van der Waals surface area contributed by atoms with Crippen LogP contribution in [0.25, 0.3) is 0 Å². The van der Waals surface area contributed by atoms with Gasteiger partial charge in [-0.3, -0.25) is 13.9 Å². The molecule has 0 spiro atoms. The average molecular weight is 450 g/mol. The Morgan fingerprint density at radius 3 is 2.26 bits per heavy atom. The van der Waals surface area contributed by atoms with E-state index in [1.54, 1.807) is 55.5 Å². The van der Waals surface area contributed by atoms with E-state index in [4.69, 9.17) is 0 Å². The Hall–Kier alpha value is -2.94. The first kappa shape index (κ1) is 24.3. The number of carbonyl (C=O) groups excluding carboxylic acids is 2. The Balaban J connectivity index is 2.13. The normalized spacial score (nSPS) is 12.1. The van der Waals surface area contributed by atoms with Crippen LogP contribution in [-0.4, -0.2) is 51.0 Å². The maximum atomic E-state index is 14.1. The molecule has 0 fully saturated rings. The minimum Gasteiger partial charge on any atom is -0.357 e. The third kappa shape index (κ3) is 6.78. The molecule has 0 aliphatic heterocycles. The summed E-state index contributed by atoms with van der Waals surface area (Å²) in [7, 11) is -2.06. The minimum absolute atomic E-state index is 0.00857. The van der Waals surface area contributed by atoms with Crippen LogP contribution in [0, 0.1) is 5.82 Å². The second-order valence-electron chi connectivity index (χ2n) is 7.18. The van der Waals surface area contributed by atoms with E-state index in [0.717, 1.165) is 6.26 Å². The van der Waals surface area contributed by atoms with Gasteiger partial charge in [0.15, 0.2) is 0 Å². The zero-order valence-electron chi connectivity index (χ0n) is 17.9. The third-order valence-electron chi connectivity index (χ3n) is 4.91. The van der Waals surface area contributed by atoms with E-state index in [1.807, 2.05) is 0 Å². The Morgan fingerprint density at radius 2 is 1.68 bits per heavy atom. The molecule has 0 aromatic heterocycles. The van der Waals surface area contributed by atoms with E-state index >= 15 is 0 Å². The SMILES string of the molecule is CNC(=O)C(C)N(Cc1ccccc1F)C(=O)CCCN(c1ccccc1)S(C)(=O)=O. The summed E-state index contributed by atoms with van der Waals surface area (Å²) < 4.78 is 39.7. The fourth-order valence-electron chi connectivity index (χ4n) is 3.20. The molecule has 2 aromatic rings. The van der Waals surface area contributed by atoms with Crippen molar-refractivity contribution in [1.29, 1.82) is 0 Å². The number of hydrogen-bond acceptors (Lipinski definition) is 4. The van der Waals surface area contributed by atoms with Crippen molar-refractivity contribution in [2.75, 3.05) is 24.2 Å². The number of anilines is 1. The van der Waals surface area contributed by atoms with Gasteiger partial charge in [0.2, 0.25) is 21.8 Å². The van der Waals surface area contributed by atoms with Gasteiger partial charge in [-0.2, -0.15) is 0 Å². The molecule has 0 radical (unpaired) electrons. The highest BCUT2D eigenvalue weighted by Gasteiger charge is 2.26. The monoisotopic (exact) mass is 449 g/mol. The van der Waals surface area contributed by atoms with Gasteiger partial charge in [-0.15, -0.1) is 0 Å². The van der Waals surface area contributed by atoms with Crippen molar-refractivity contribution in [3.63, 3.8) is 0 Å². The first-order chi connectivity index (χ1) is 14.6. The number of para-hydroxylation sites is 1. The summed E-state index contributed by atoms with van der Waals surface area (Å²) in [5.41, 5.74) is 0.813. The molecule has 0 saturated heterocycles. The maximum Gasteiger partial charge on any atom is 0.242 e. The quantitative estimate of drug-likeness (QED) is 0.604. The van der Waals surface area contributed by atoms with E-state index < -0.39 is 21.9 Å². The zero-order valence-corrected chi connectivity index (χ0v) is 18.7. The molecular weight excluding hydrogens is 421 g/mol. The van der Waals surface area contributed by atoms with Gasteiger partial charge in [0.05, 0.1) is 11.9 Å². The fraction of sp³-hybridized carbons (Fsp3) is 0.364. The highest BCUT2D eigenvalue weighted by molar-refractivity contribution is 7.92. The van der Waals surface area contributed by atoms with Crippen LogP contribution in [0.15, 0.2) is 54.6 Å². The number of carbonyl (C=O) groups is 2. The lowest BCUT2D eigenvalue weighted by molar-refractivity contribution is -0.140. The van der Waals surface area contributed by atoms with Crippen molar-refractivity contribution in [3.8, 4) is 0 Å². The van der Waals surface area contributed by atoms with E-state index in [1.165, 1.54) is 22.3 Å². The summed E-state index contributed by atoms with van der Waals surface area (Å²) in [5.74, 6) is -1.19. The van der Waals surface area contributed by atoms with Crippen molar-refractivity contribution in [1.82, 2.24) is 10.2 Å². The van der Waals surface area contributed by atoms with Gasteiger partial charge < -0.3 is 10.2 Å². The van der Waals surface area contributed by atoms with Gasteiger partial charge in [0.25, 0.3) is 0 Å². The number of benzene rings is 2. The molecule has 7 nitrogen and oxygen atoms in total. The molecule has 1 unspecified atom stereocenters. The van der Waals surface area contributed by atoms with Crippen molar-refractivity contribution < 1.29 is 22.4 Å². The standard InChI is InChI=1S/C22H28FN3O4S/c1-17(22(28)24-2)25(16-18-10-7-8-13-20(18)23)21(27)14-9-15-26(31(3,29)30)19-11-5-4-6-12-19/h4-8,10-13,17H,9,14-16H2,1-3H3,(H,24,28). The molecule has 2 rings (SSSR count). The lowest BCUT2D eigenvalue weighted by atomic mass is 10.1. The fourth-order valence-corrected chi connectivity index (χ4v) is 4.17. The number of likely N-dealkylation sites (N-methyl/N-ethyl adjacent to an activating group) is 1. The van der Waals surface area contributed by atoms with Crippen LogP contribution in [0.4, 0.5) is 10.1 Å². The van der Waals surface area contributed by atoms with Crippen molar-refractivity contribution >= 4 is 27.5 Å². The summed E-state index contributed by atoms with van der Waals surface area (Å²) in [6.45, 7) is 1.62. The number of nitrogens with zero attached hydrogens (tertiary/aromatic N) is 2. The topological polar surface area (TPSA) is 86.8 Å². The van der Waals surface area contributed by atoms with Crippen molar-refractivity contribution in [3.05, 3.63) is 66.0 Å². The van der Waals surface area contributed by atoms with Crippen molar-refractivity contribution in [2.45, 2.75) is 32.4 Å². The molecule has 9 heteroatoms. The van der Waals surface area contributed by atoms with E-state index in [2.05, 4.69) is 5.32 Å². The van der Waals surface area contributed by atoms with Gasteiger partial charge in [-0.1, -0.05) is 36.4 Å². The van der Waals surface area contributed by atoms with Gasteiger partial charge in [-0.25, -0.2) is 12.8 Å². The Bertz CT molecular complexity index is 999. The third-order valence-corrected chi connectivity index (χ3v) is 6.10. The average Bonchev–Trinajstić information content (AvgIpc) is 2.74. The van der Waals surface area contributed by atoms with Crippen LogP contribution < -0.4 is 9.62 Å². The second kappa shape index (κ2) is 10.9. The van der Waals surface area contributed by atoms with E-state index in [9.17, 15) is 22.4 Å². The molecule has 2 amide bonds. The van der Waals surface area contributed by atoms with Gasteiger partial charge in [0.1, 0.15) is 11.9 Å².